The van der Waals surface area contributed by atoms with Crippen LogP contribution in [0.5, 0.6) is 0 Å². The highest BCUT2D eigenvalue weighted by atomic mass is 32.3. The normalized spacial score (nSPS) is 43.5. The fourth-order valence-corrected chi connectivity index (χ4v) is 9.29. The number of rotatable bonds is 21. The van der Waals surface area contributed by atoms with E-state index in [1.165, 1.54) is 0 Å². The Morgan fingerprint density at radius 2 is 1.13 bits per heavy atom. The average molecular weight is 1120 g/mol. The van der Waals surface area contributed by atoms with Crippen molar-refractivity contribution >= 4 is 34.1 Å². The number of aliphatic hydroxyl groups excluding tert-OH is 14. The van der Waals surface area contributed by atoms with Gasteiger partial charge in [-0.2, -0.15) is 8.42 Å². The standard InChI is InChI=1S/C39H65N3O32S/c1-10(46)40-19-13(49)4-39(38(60)61,73-32(19)22(51)14(50)5-43)74-33-24(53)16(7-45)69-37(29(33)58)71-30-18(9-66-75(62,63)64)70-35(20(26(30)55)41-11(2)47)65-8-17-25(54)31(21(34(59)67-17)42-12(3)48)72-36-28(57)27(56)23(52)15(6-44)68-36/h13-37,43-45,49-59H,4-9H2,1-3H3,(H,40,46)(H,41,47)(H,42,48)(H,60,61)(H,62,63,64)/t13-,14+,15+,16+,17+,18+,19+,20+,21+,22+,23-,24-,25-,26+,27-,28+,29+,30+,31+,32+,33-,34-,35+,36-,37-,39-/m0/s1. The number of aliphatic hydroxyl groups is 14. The van der Waals surface area contributed by atoms with E-state index in [9.17, 15) is 109 Å². The first-order valence-electron chi connectivity index (χ1n) is 22.9. The number of aliphatic carboxylic acids is 1. The minimum atomic E-state index is -5.39. The molecule has 0 aliphatic carbocycles. The number of carboxylic acids is 1. The molecule has 26 atom stereocenters. The van der Waals surface area contributed by atoms with Crippen LogP contribution in [0.2, 0.25) is 0 Å². The van der Waals surface area contributed by atoms with Crippen LogP contribution in [-0.4, -0.2) is 305 Å². The summed E-state index contributed by atoms with van der Waals surface area (Å²) in [5, 5.41) is 167. The van der Waals surface area contributed by atoms with Gasteiger partial charge >= 0.3 is 16.4 Å². The van der Waals surface area contributed by atoms with Gasteiger partial charge in [-0.15, -0.1) is 0 Å². The van der Waals surface area contributed by atoms with Gasteiger partial charge in [0.05, 0.1) is 45.2 Å². The third-order valence-corrected chi connectivity index (χ3v) is 13.1. The van der Waals surface area contributed by atoms with E-state index in [4.69, 9.17) is 42.6 Å². The van der Waals surface area contributed by atoms with Crippen LogP contribution >= 0.6 is 0 Å². The zero-order valence-corrected chi connectivity index (χ0v) is 40.6. The van der Waals surface area contributed by atoms with Crippen LogP contribution in [0.3, 0.4) is 0 Å². The van der Waals surface area contributed by atoms with Crippen LogP contribution < -0.4 is 16.0 Å². The third kappa shape index (κ3) is 14.8. The van der Waals surface area contributed by atoms with Gasteiger partial charge in [-0.25, -0.2) is 8.98 Å². The molecule has 0 aromatic carbocycles. The number of carbonyl (C=O) groups excluding carboxylic acids is 3. The van der Waals surface area contributed by atoms with Gasteiger partial charge in [0.25, 0.3) is 5.79 Å². The predicted octanol–water partition coefficient (Wildman–Crippen LogP) is -12.5. The van der Waals surface area contributed by atoms with Crippen molar-refractivity contribution in [2.75, 3.05) is 33.0 Å². The Kier molecular flexibility index (Phi) is 21.9. The van der Waals surface area contributed by atoms with Crippen LogP contribution in [0.15, 0.2) is 0 Å². The SMILES string of the molecule is CC(=O)N[C@@H]1[C@@H](O[C@@H]2O[C@H](CO)[C@H](O)[C@H](O)[C@H]2O)[C@@H](O)[C@@H](CO[C@@H]2O[C@H](COS(=O)(=O)O)[C@@H](O[C@@H]3O[C@H](CO)[C@H](O)[C@H](O[C@]4(C(=O)O)C[C@H](O)[C@@H](NC(C)=O)[C@H]([C@H](O)[C@H](O)CO)O4)[C@H]3O)[C@H](O)[C@H]2NC(C)=O)O[C@@H]1O. The molecule has 5 fully saturated rings. The smallest absolute Gasteiger partial charge is 0.397 e. The summed E-state index contributed by atoms with van der Waals surface area (Å²) in [7, 11) is -5.39. The Morgan fingerprint density at radius 1 is 0.613 bits per heavy atom. The van der Waals surface area contributed by atoms with Crippen LogP contribution in [0.4, 0.5) is 0 Å². The fourth-order valence-electron chi connectivity index (χ4n) is 8.98. The molecule has 19 N–H and O–H groups in total. The van der Waals surface area contributed by atoms with Crippen molar-refractivity contribution in [2.24, 2.45) is 0 Å². The molecule has 0 aromatic rings. The molecule has 434 valence electrons. The highest BCUT2D eigenvalue weighted by molar-refractivity contribution is 7.80. The van der Waals surface area contributed by atoms with Crippen molar-refractivity contribution in [3.8, 4) is 0 Å². The van der Waals surface area contributed by atoms with Gasteiger partial charge in [0, 0.05) is 27.2 Å². The molecule has 5 aliphatic rings. The van der Waals surface area contributed by atoms with Crippen molar-refractivity contribution in [3.63, 3.8) is 0 Å². The summed E-state index contributed by atoms with van der Waals surface area (Å²) in [5.41, 5.74) is 0. The lowest BCUT2D eigenvalue weighted by Crippen LogP contribution is -2.71. The Labute approximate surface area is 424 Å². The second-order valence-corrected chi connectivity index (χ2v) is 19.2. The van der Waals surface area contributed by atoms with Crippen molar-refractivity contribution in [1.29, 1.82) is 0 Å². The van der Waals surface area contributed by atoms with Gasteiger partial charge in [0.1, 0.15) is 116 Å². The molecule has 0 saturated carbocycles. The Hall–Kier alpha value is -3.17. The lowest BCUT2D eigenvalue weighted by atomic mass is 9.88. The minimum Gasteiger partial charge on any atom is -0.477 e. The molecule has 5 aliphatic heterocycles. The van der Waals surface area contributed by atoms with E-state index in [2.05, 4.69) is 20.1 Å². The van der Waals surface area contributed by atoms with Gasteiger partial charge < -0.3 is 135 Å². The summed E-state index contributed by atoms with van der Waals surface area (Å²) in [6.45, 7) is -2.63. The highest BCUT2D eigenvalue weighted by Crippen LogP contribution is 2.39. The molecule has 36 heteroatoms. The van der Waals surface area contributed by atoms with E-state index in [1.807, 2.05) is 0 Å². The van der Waals surface area contributed by atoms with Crippen LogP contribution in [0.1, 0.15) is 27.2 Å². The Morgan fingerprint density at radius 3 is 1.68 bits per heavy atom. The molecular weight excluding hydrogens is 1050 g/mol. The molecule has 0 radical (unpaired) electrons. The molecule has 0 aromatic heterocycles. The molecule has 0 unspecified atom stereocenters. The first-order valence-corrected chi connectivity index (χ1v) is 24.2. The fraction of sp³-hybridized carbons (Fsp3) is 0.897. The lowest BCUT2D eigenvalue weighted by molar-refractivity contribution is -0.383. The molecule has 5 saturated heterocycles. The third-order valence-electron chi connectivity index (χ3n) is 12.7. The number of hydrogen-bond acceptors (Lipinski definition) is 30. The summed E-state index contributed by atoms with van der Waals surface area (Å²) in [6.07, 6.45) is -46.7. The average Bonchev–Trinajstić information content (AvgIpc) is 3.33. The number of carbonyl (C=O) groups is 4. The number of amides is 3. The van der Waals surface area contributed by atoms with Crippen molar-refractivity contribution < 1.29 is 156 Å². The van der Waals surface area contributed by atoms with Gasteiger partial charge in [0.15, 0.2) is 25.2 Å². The van der Waals surface area contributed by atoms with E-state index < -0.39 is 232 Å². The van der Waals surface area contributed by atoms with Crippen LogP contribution in [0, 0.1) is 0 Å². The Bertz CT molecular complexity index is 2030. The predicted molar refractivity (Wildman–Crippen MR) is 229 cm³/mol. The van der Waals surface area contributed by atoms with Crippen molar-refractivity contribution in [3.05, 3.63) is 0 Å². The largest absolute Gasteiger partial charge is 0.477 e. The van der Waals surface area contributed by atoms with Gasteiger partial charge in [-0.1, -0.05) is 0 Å². The van der Waals surface area contributed by atoms with E-state index in [-0.39, 0.29) is 0 Å². The van der Waals surface area contributed by atoms with Gasteiger partial charge in [-0.3, -0.25) is 18.9 Å². The summed E-state index contributed by atoms with van der Waals surface area (Å²) < 4.78 is 88.4. The number of carboxylic acid groups (broad SMARTS) is 1. The maximum Gasteiger partial charge on any atom is 0.397 e. The minimum absolute atomic E-state index is 0.812. The number of nitrogens with one attached hydrogen (secondary N) is 3. The van der Waals surface area contributed by atoms with E-state index in [0.717, 1.165) is 20.8 Å². The number of ether oxygens (including phenoxy) is 9. The molecule has 0 spiro atoms. The highest BCUT2D eigenvalue weighted by Gasteiger charge is 2.61. The van der Waals surface area contributed by atoms with Crippen LogP contribution in [0.25, 0.3) is 0 Å². The van der Waals surface area contributed by atoms with E-state index >= 15 is 0 Å². The first-order chi connectivity index (χ1) is 35.0. The first kappa shape index (κ1) is 62.7. The van der Waals surface area contributed by atoms with Crippen molar-refractivity contribution in [2.45, 2.75) is 186 Å². The lowest BCUT2D eigenvalue weighted by Gasteiger charge is -2.51. The molecule has 75 heavy (non-hydrogen) atoms. The summed E-state index contributed by atoms with van der Waals surface area (Å²) >= 11 is 0. The van der Waals surface area contributed by atoms with Crippen molar-refractivity contribution in [1.82, 2.24) is 16.0 Å². The Balaban J connectivity index is 1.43. The zero-order valence-electron chi connectivity index (χ0n) is 39.8. The topological polar surface area (TPSA) is 554 Å². The molecule has 35 nitrogen and oxygen atoms in total. The van der Waals surface area contributed by atoms with Gasteiger partial charge in [-0.05, 0) is 0 Å². The summed E-state index contributed by atoms with van der Waals surface area (Å²) in [5.74, 6) is -7.95. The van der Waals surface area contributed by atoms with Crippen LogP contribution in [-0.2, 0) is 76.4 Å². The van der Waals surface area contributed by atoms with E-state index in [0.29, 0.717) is 0 Å². The maximum atomic E-state index is 13.0. The van der Waals surface area contributed by atoms with Gasteiger partial charge in [0.2, 0.25) is 17.7 Å². The quantitative estimate of drug-likeness (QED) is 0.0475. The second-order valence-electron chi connectivity index (χ2n) is 18.2. The summed E-state index contributed by atoms with van der Waals surface area (Å²) in [6, 6.07) is -5.25. The molecule has 0 bridgehead atoms. The molecular formula is C39H65N3O32S. The maximum absolute atomic E-state index is 13.0. The number of hydrogen-bond donors (Lipinski definition) is 19. The molecule has 3 amide bonds. The second kappa shape index (κ2) is 26.2. The monoisotopic (exact) mass is 1120 g/mol. The summed E-state index contributed by atoms with van der Waals surface area (Å²) in [4.78, 5) is 49.7. The van der Waals surface area contributed by atoms with E-state index in [1.54, 1.807) is 0 Å². The zero-order chi connectivity index (χ0) is 56.2. The molecule has 5 rings (SSSR count). The molecule has 5 heterocycles.